The highest BCUT2D eigenvalue weighted by Crippen LogP contribution is 2.31. The van der Waals surface area contributed by atoms with Crippen LogP contribution in [-0.2, 0) is 17.6 Å². The number of anilines is 2. The average molecular weight is 405 g/mol. The van der Waals surface area contributed by atoms with Gasteiger partial charge in [-0.1, -0.05) is 54.1 Å². The van der Waals surface area contributed by atoms with E-state index in [0.29, 0.717) is 22.8 Å². The fourth-order valence-electron chi connectivity index (χ4n) is 3.62. The first-order chi connectivity index (χ1) is 14.1. The highest BCUT2D eigenvalue weighted by molar-refractivity contribution is 6.31. The number of amides is 2. The van der Waals surface area contributed by atoms with Crippen LogP contribution in [0.1, 0.15) is 27.9 Å². The van der Waals surface area contributed by atoms with E-state index in [0.717, 1.165) is 29.7 Å². The minimum absolute atomic E-state index is 0.0221. The first-order valence-electron chi connectivity index (χ1n) is 9.65. The molecule has 5 heteroatoms. The van der Waals surface area contributed by atoms with E-state index in [1.807, 2.05) is 66.7 Å². The number of hydrogen-bond donors (Lipinski definition) is 1. The molecule has 0 bridgehead atoms. The summed E-state index contributed by atoms with van der Waals surface area (Å²) in [5, 5.41) is 3.51. The monoisotopic (exact) mass is 404 g/mol. The molecule has 0 aromatic heterocycles. The van der Waals surface area contributed by atoms with Gasteiger partial charge in [0.15, 0.2) is 0 Å². The van der Waals surface area contributed by atoms with Gasteiger partial charge in [-0.05, 0) is 54.3 Å². The third kappa shape index (κ3) is 4.33. The second kappa shape index (κ2) is 8.50. The van der Waals surface area contributed by atoms with E-state index in [-0.39, 0.29) is 18.2 Å². The molecular weight excluding hydrogens is 384 g/mol. The minimum atomic E-state index is -0.144. The van der Waals surface area contributed by atoms with Gasteiger partial charge in [-0.25, -0.2) is 0 Å². The first kappa shape index (κ1) is 19.2. The van der Waals surface area contributed by atoms with Gasteiger partial charge in [-0.3, -0.25) is 9.59 Å². The number of rotatable bonds is 4. The zero-order chi connectivity index (χ0) is 20.2. The Morgan fingerprint density at radius 3 is 2.52 bits per heavy atom. The van der Waals surface area contributed by atoms with Crippen molar-refractivity contribution < 1.29 is 9.59 Å². The number of fused-ring (bicyclic) bond motifs is 1. The van der Waals surface area contributed by atoms with E-state index in [2.05, 4.69) is 5.32 Å². The molecule has 0 aliphatic carbocycles. The van der Waals surface area contributed by atoms with Crippen LogP contribution in [0.25, 0.3) is 0 Å². The van der Waals surface area contributed by atoms with Crippen LogP contribution in [0.4, 0.5) is 11.4 Å². The van der Waals surface area contributed by atoms with Gasteiger partial charge in [0, 0.05) is 28.5 Å². The molecule has 1 heterocycles. The van der Waals surface area contributed by atoms with Crippen molar-refractivity contribution in [1.29, 1.82) is 0 Å². The predicted molar refractivity (Wildman–Crippen MR) is 117 cm³/mol. The van der Waals surface area contributed by atoms with Crippen LogP contribution in [0.3, 0.4) is 0 Å². The Morgan fingerprint density at radius 2 is 1.72 bits per heavy atom. The molecule has 29 heavy (non-hydrogen) atoms. The summed E-state index contributed by atoms with van der Waals surface area (Å²) >= 11 is 6.15. The Balaban J connectivity index is 1.54. The van der Waals surface area contributed by atoms with Gasteiger partial charge in [0.25, 0.3) is 5.91 Å². The van der Waals surface area contributed by atoms with Gasteiger partial charge in [0.2, 0.25) is 5.91 Å². The van der Waals surface area contributed by atoms with Crippen LogP contribution in [-0.4, -0.2) is 18.4 Å². The molecule has 146 valence electrons. The molecule has 0 saturated heterocycles. The van der Waals surface area contributed by atoms with Gasteiger partial charge >= 0.3 is 0 Å². The van der Waals surface area contributed by atoms with Crippen LogP contribution in [0, 0.1) is 0 Å². The zero-order valence-electron chi connectivity index (χ0n) is 15.9. The number of hydrogen-bond acceptors (Lipinski definition) is 2. The summed E-state index contributed by atoms with van der Waals surface area (Å²) in [4.78, 5) is 27.3. The Hall–Kier alpha value is -3.11. The highest BCUT2D eigenvalue weighted by atomic mass is 35.5. The molecule has 4 rings (SSSR count). The van der Waals surface area contributed by atoms with Crippen LogP contribution in [0.2, 0.25) is 5.02 Å². The Morgan fingerprint density at radius 1 is 0.966 bits per heavy atom. The van der Waals surface area contributed by atoms with E-state index >= 15 is 0 Å². The molecular formula is C24H21ClN2O2. The molecule has 3 aromatic rings. The summed E-state index contributed by atoms with van der Waals surface area (Å²) in [6, 6.07) is 22.4. The van der Waals surface area contributed by atoms with Crippen LogP contribution < -0.4 is 10.2 Å². The summed E-state index contributed by atoms with van der Waals surface area (Å²) in [5.41, 5.74) is 4.10. The molecule has 0 saturated carbocycles. The maximum atomic E-state index is 13.0. The fraction of sp³-hybridized carbons (Fsp3) is 0.167. The average Bonchev–Trinajstić information content (AvgIpc) is 2.75. The number of nitrogens with zero attached hydrogens (tertiary/aromatic N) is 1. The normalized spacial score (nSPS) is 12.9. The van der Waals surface area contributed by atoms with Crippen molar-refractivity contribution in [3.63, 3.8) is 0 Å². The van der Waals surface area contributed by atoms with E-state index < -0.39 is 0 Å². The van der Waals surface area contributed by atoms with Gasteiger partial charge in [0.05, 0.1) is 6.42 Å². The summed E-state index contributed by atoms with van der Waals surface area (Å²) in [5.74, 6) is -0.166. The first-order valence-corrected chi connectivity index (χ1v) is 10.0. The molecule has 3 aromatic carbocycles. The van der Waals surface area contributed by atoms with Crippen molar-refractivity contribution in [2.45, 2.75) is 19.3 Å². The predicted octanol–water partition coefficient (Wildman–Crippen LogP) is 5.11. The van der Waals surface area contributed by atoms with Crippen molar-refractivity contribution in [2.75, 3.05) is 16.8 Å². The number of nitrogens with one attached hydrogen (secondary N) is 1. The standard InChI is InChI=1S/C24H21ClN2O2/c25-21-11-5-4-9-19(21)15-23(28)26-20-13-12-17-10-6-14-27(22(17)16-20)24(29)18-7-2-1-3-8-18/h1-5,7-9,11-13,16H,6,10,14-15H2,(H,26,28). The Kier molecular flexibility index (Phi) is 5.63. The molecule has 4 nitrogen and oxygen atoms in total. The van der Waals surface area contributed by atoms with Crippen molar-refractivity contribution in [3.05, 3.63) is 94.5 Å². The van der Waals surface area contributed by atoms with Gasteiger partial charge in [0.1, 0.15) is 0 Å². The SMILES string of the molecule is O=C(Cc1ccccc1Cl)Nc1ccc2c(c1)N(C(=O)c1ccccc1)CCC2. The summed E-state index contributed by atoms with van der Waals surface area (Å²) in [7, 11) is 0. The molecule has 0 radical (unpaired) electrons. The van der Waals surface area contributed by atoms with Crippen LogP contribution in [0.15, 0.2) is 72.8 Å². The molecule has 1 aliphatic heterocycles. The minimum Gasteiger partial charge on any atom is -0.326 e. The Labute approximate surface area is 175 Å². The summed E-state index contributed by atoms with van der Waals surface area (Å²) in [6.45, 7) is 0.664. The largest absolute Gasteiger partial charge is 0.326 e. The Bertz CT molecular complexity index is 1050. The van der Waals surface area contributed by atoms with Crippen LogP contribution >= 0.6 is 11.6 Å². The van der Waals surface area contributed by atoms with Crippen molar-refractivity contribution >= 4 is 34.8 Å². The second-order valence-corrected chi connectivity index (χ2v) is 7.49. The number of halogens is 1. The zero-order valence-corrected chi connectivity index (χ0v) is 16.7. The molecule has 0 atom stereocenters. The van der Waals surface area contributed by atoms with Crippen molar-refractivity contribution in [3.8, 4) is 0 Å². The number of carbonyl (C=O) groups excluding carboxylic acids is 2. The van der Waals surface area contributed by atoms with Crippen molar-refractivity contribution in [2.24, 2.45) is 0 Å². The topological polar surface area (TPSA) is 49.4 Å². The molecule has 0 spiro atoms. The van der Waals surface area contributed by atoms with Gasteiger partial charge in [-0.2, -0.15) is 0 Å². The smallest absolute Gasteiger partial charge is 0.258 e. The van der Waals surface area contributed by atoms with E-state index in [9.17, 15) is 9.59 Å². The third-order valence-corrected chi connectivity index (χ3v) is 5.43. The highest BCUT2D eigenvalue weighted by Gasteiger charge is 2.24. The van der Waals surface area contributed by atoms with E-state index in [4.69, 9.17) is 11.6 Å². The van der Waals surface area contributed by atoms with Crippen molar-refractivity contribution in [1.82, 2.24) is 0 Å². The summed E-state index contributed by atoms with van der Waals surface area (Å²) < 4.78 is 0. The molecule has 1 aliphatic rings. The molecule has 0 fully saturated rings. The molecule has 0 unspecified atom stereocenters. The number of benzene rings is 3. The van der Waals surface area contributed by atoms with E-state index in [1.54, 1.807) is 11.0 Å². The number of aryl methyl sites for hydroxylation is 1. The van der Waals surface area contributed by atoms with Gasteiger partial charge < -0.3 is 10.2 Å². The lowest BCUT2D eigenvalue weighted by Crippen LogP contribution is -2.35. The van der Waals surface area contributed by atoms with E-state index in [1.165, 1.54) is 0 Å². The quantitative estimate of drug-likeness (QED) is 0.656. The lowest BCUT2D eigenvalue weighted by molar-refractivity contribution is -0.115. The number of carbonyl (C=O) groups is 2. The molecule has 2 amide bonds. The summed E-state index contributed by atoms with van der Waals surface area (Å²) in [6.07, 6.45) is 2.04. The maximum absolute atomic E-state index is 13.0. The van der Waals surface area contributed by atoms with Gasteiger partial charge in [-0.15, -0.1) is 0 Å². The molecule has 1 N–H and O–H groups in total. The fourth-order valence-corrected chi connectivity index (χ4v) is 3.82. The lowest BCUT2D eigenvalue weighted by Gasteiger charge is -2.30. The lowest BCUT2D eigenvalue weighted by atomic mass is 10.00. The third-order valence-electron chi connectivity index (χ3n) is 5.06. The second-order valence-electron chi connectivity index (χ2n) is 7.09. The maximum Gasteiger partial charge on any atom is 0.258 e. The van der Waals surface area contributed by atoms with Crippen LogP contribution in [0.5, 0.6) is 0 Å².